The molecule has 0 amide bonds. The third-order valence-electron chi connectivity index (χ3n) is 12.7. The summed E-state index contributed by atoms with van der Waals surface area (Å²) < 4.78 is 1.00. The number of anilines is 6. The second kappa shape index (κ2) is 18.8. The van der Waals surface area contributed by atoms with E-state index in [1.54, 1.807) is 0 Å². The Labute approximate surface area is 412 Å². The average Bonchev–Trinajstić information content (AvgIpc) is 3.60. The van der Waals surface area contributed by atoms with Gasteiger partial charge in [-0.15, -0.1) is 0 Å². The number of benzene rings is 10. The number of aryl methyl sites for hydroxylation is 1. The number of para-hydroxylation sites is 1. The largest absolute Gasteiger partial charge is 0.310 e. The fraction of sp³-hybridized carbons (Fsp3) is 0.0645. The van der Waals surface area contributed by atoms with Gasteiger partial charge in [0.25, 0.3) is 0 Å². The summed E-state index contributed by atoms with van der Waals surface area (Å²) in [7, 11) is 0. The first kappa shape index (κ1) is 44.0. The maximum Gasteiger partial charge on any atom is 0.0508 e. The molecule has 10 aromatic carbocycles. The Kier molecular flexibility index (Phi) is 12.3. The molecule has 326 valence electrons. The van der Waals surface area contributed by atoms with Crippen molar-refractivity contribution in [3.05, 3.63) is 262 Å². The fourth-order valence-corrected chi connectivity index (χ4v) is 10.6. The normalized spacial score (nSPS) is 12.1. The summed E-state index contributed by atoms with van der Waals surface area (Å²) in [6.45, 7) is 6.86. The van der Waals surface area contributed by atoms with Crippen molar-refractivity contribution in [1.82, 2.24) is 0 Å². The zero-order valence-corrected chi connectivity index (χ0v) is 40.6. The van der Waals surface area contributed by atoms with Crippen molar-refractivity contribution in [2.24, 2.45) is 0 Å². The number of hydrogen-bond donors (Lipinski definition) is 0. The molecule has 10 aromatic rings. The minimum Gasteiger partial charge on any atom is -0.310 e. The monoisotopic (exact) mass is 968 g/mol. The summed E-state index contributed by atoms with van der Waals surface area (Å²) in [5, 5.41) is 4.02. The first-order chi connectivity index (χ1) is 32.7. The van der Waals surface area contributed by atoms with Crippen LogP contribution in [0.5, 0.6) is 0 Å². The lowest BCUT2D eigenvalue weighted by Gasteiger charge is -2.33. The molecule has 11 rings (SSSR count). The Hall–Kier alpha value is -6.88. The summed E-state index contributed by atoms with van der Waals surface area (Å²) in [5.74, 6) is 0. The molecule has 0 aliphatic heterocycles. The van der Waals surface area contributed by atoms with Crippen molar-refractivity contribution in [1.29, 1.82) is 0 Å². The highest BCUT2D eigenvalue weighted by Crippen LogP contribution is 2.56. The fourth-order valence-electron chi connectivity index (χ4n) is 9.56. The molecule has 5 heteroatoms. The Balaban J connectivity index is 0.000000321. The smallest absolute Gasteiger partial charge is 0.0508 e. The van der Waals surface area contributed by atoms with Gasteiger partial charge in [-0.25, -0.2) is 0 Å². The Bertz CT molecular complexity index is 3370. The lowest BCUT2D eigenvalue weighted by atomic mass is 9.81. The molecule has 0 aromatic heterocycles. The van der Waals surface area contributed by atoms with Crippen molar-refractivity contribution < 1.29 is 0 Å². The molecule has 0 unspecified atom stereocenters. The predicted octanol–water partition coefficient (Wildman–Crippen LogP) is 19.5. The summed E-state index contributed by atoms with van der Waals surface area (Å²) in [6.07, 6.45) is 0. The van der Waals surface area contributed by atoms with E-state index >= 15 is 0 Å². The van der Waals surface area contributed by atoms with Crippen LogP contribution in [0.2, 0.25) is 10.0 Å². The minimum absolute atomic E-state index is 0.257. The van der Waals surface area contributed by atoms with Crippen LogP contribution >= 0.6 is 39.1 Å². The van der Waals surface area contributed by atoms with E-state index in [0.29, 0.717) is 5.02 Å². The van der Waals surface area contributed by atoms with E-state index < -0.39 is 0 Å². The van der Waals surface area contributed by atoms with Crippen molar-refractivity contribution in [3.8, 4) is 33.4 Å². The van der Waals surface area contributed by atoms with Gasteiger partial charge in [0.05, 0.1) is 10.7 Å². The van der Waals surface area contributed by atoms with E-state index in [9.17, 15) is 0 Å². The van der Waals surface area contributed by atoms with Crippen LogP contribution in [0.1, 0.15) is 30.5 Å². The van der Waals surface area contributed by atoms with Crippen LogP contribution in [-0.2, 0) is 5.41 Å². The molecule has 0 saturated carbocycles. The van der Waals surface area contributed by atoms with E-state index in [1.165, 1.54) is 38.6 Å². The lowest BCUT2D eigenvalue weighted by Crippen LogP contribution is -2.21. The standard InChI is InChI=1S/C50H39ClN2.C12H8BrCl/c1-34-24-27-38(28-25-34)52(37-17-8-5-9-18-37)39-19-12-20-40(32-39)53(41-29-30-42(46(51)33-41)35-14-6-4-7-15-35)47-23-13-22-44-48-43-21-11-10-16-36(43)26-31-45(48)50(2,3)49(44)47;13-10-6-7-11(12(14)8-10)9-4-2-1-3-5-9/h4-33H,1-3H3;1-8H. The van der Waals surface area contributed by atoms with Crippen LogP contribution in [0, 0.1) is 6.92 Å². The maximum absolute atomic E-state index is 7.21. The topological polar surface area (TPSA) is 6.48 Å². The number of nitrogens with zero attached hydrogens (tertiary/aromatic N) is 2. The van der Waals surface area contributed by atoms with Gasteiger partial charge in [-0.1, -0.05) is 216 Å². The molecular formula is C62H47BrCl2N2. The van der Waals surface area contributed by atoms with Crippen LogP contribution in [0.4, 0.5) is 34.1 Å². The second-order valence-corrected chi connectivity index (χ2v) is 19.1. The first-order valence-corrected chi connectivity index (χ1v) is 24.0. The van der Waals surface area contributed by atoms with Crippen molar-refractivity contribution >= 4 is 84.0 Å². The van der Waals surface area contributed by atoms with Crippen LogP contribution < -0.4 is 9.80 Å². The highest BCUT2D eigenvalue weighted by atomic mass is 79.9. The third-order valence-corrected chi connectivity index (χ3v) is 13.9. The zero-order chi connectivity index (χ0) is 46.1. The van der Waals surface area contributed by atoms with Crippen molar-refractivity contribution in [2.75, 3.05) is 9.80 Å². The molecule has 1 aliphatic rings. The van der Waals surface area contributed by atoms with Crippen LogP contribution in [-0.4, -0.2) is 0 Å². The Morgan fingerprint density at radius 3 is 1.60 bits per heavy atom. The molecule has 0 bridgehead atoms. The molecule has 1 aliphatic carbocycles. The second-order valence-electron chi connectivity index (χ2n) is 17.4. The maximum atomic E-state index is 7.21. The van der Waals surface area contributed by atoms with Crippen LogP contribution in [0.15, 0.2) is 235 Å². The quantitative estimate of drug-likeness (QED) is 0.150. The molecule has 0 atom stereocenters. The van der Waals surface area contributed by atoms with E-state index in [0.717, 1.165) is 65.9 Å². The molecule has 0 N–H and O–H groups in total. The number of hydrogen-bond acceptors (Lipinski definition) is 2. The van der Waals surface area contributed by atoms with Gasteiger partial charge < -0.3 is 9.80 Å². The van der Waals surface area contributed by atoms with Crippen molar-refractivity contribution in [3.63, 3.8) is 0 Å². The minimum atomic E-state index is -0.257. The van der Waals surface area contributed by atoms with Gasteiger partial charge in [-0.3, -0.25) is 0 Å². The first-order valence-electron chi connectivity index (χ1n) is 22.5. The average molecular weight is 971 g/mol. The van der Waals surface area contributed by atoms with Gasteiger partial charge in [-0.2, -0.15) is 0 Å². The molecule has 0 heterocycles. The van der Waals surface area contributed by atoms with Crippen molar-refractivity contribution in [2.45, 2.75) is 26.2 Å². The molecular weight excluding hydrogens is 924 g/mol. The molecule has 0 spiro atoms. The van der Waals surface area contributed by atoms with Gasteiger partial charge in [0, 0.05) is 54.5 Å². The third kappa shape index (κ3) is 8.67. The Morgan fingerprint density at radius 2 is 0.940 bits per heavy atom. The van der Waals surface area contributed by atoms with Gasteiger partial charge >= 0.3 is 0 Å². The number of halogens is 3. The SMILES string of the molecule is Cc1ccc(N(c2ccccc2)c2cccc(N(c3ccc(-c4ccccc4)c(Cl)c3)c3cccc4c3C(C)(C)c3ccc5ccccc5c3-4)c2)cc1.Clc1cc(Br)ccc1-c1ccccc1. The van der Waals surface area contributed by atoms with E-state index in [2.05, 4.69) is 235 Å². The number of rotatable bonds is 8. The lowest BCUT2D eigenvalue weighted by molar-refractivity contribution is 0.661. The molecule has 67 heavy (non-hydrogen) atoms. The van der Waals surface area contributed by atoms with E-state index in [-0.39, 0.29) is 5.41 Å². The van der Waals surface area contributed by atoms with Gasteiger partial charge in [-0.05, 0) is 124 Å². The highest BCUT2D eigenvalue weighted by Gasteiger charge is 2.40. The summed E-state index contributed by atoms with van der Waals surface area (Å²) in [6, 6.07) is 81.2. The van der Waals surface area contributed by atoms with Gasteiger partial charge in [0.1, 0.15) is 0 Å². The predicted molar refractivity (Wildman–Crippen MR) is 291 cm³/mol. The number of fused-ring (bicyclic) bond motifs is 5. The zero-order valence-electron chi connectivity index (χ0n) is 37.5. The van der Waals surface area contributed by atoms with Gasteiger partial charge in [0.2, 0.25) is 0 Å². The molecule has 0 radical (unpaired) electrons. The summed E-state index contributed by atoms with van der Waals surface area (Å²) >= 11 is 16.7. The molecule has 2 nitrogen and oxygen atoms in total. The summed E-state index contributed by atoms with van der Waals surface area (Å²) in [4.78, 5) is 4.73. The highest BCUT2D eigenvalue weighted by molar-refractivity contribution is 9.10. The van der Waals surface area contributed by atoms with E-state index in [4.69, 9.17) is 23.2 Å². The van der Waals surface area contributed by atoms with Crippen LogP contribution in [0.3, 0.4) is 0 Å². The van der Waals surface area contributed by atoms with Gasteiger partial charge in [0.15, 0.2) is 0 Å². The van der Waals surface area contributed by atoms with Crippen LogP contribution in [0.25, 0.3) is 44.2 Å². The molecule has 0 saturated heterocycles. The Morgan fingerprint density at radius 1 is 0.418 bits per heavy atom. The van der Waals surface area contributed by atoms with E-state index in [1.807, 2.05) is 42.5 Å². The molecule has 0 fully saturated rings. The summed E-state index contributed by atoms with van der Waals surface area (Å²) in [5.41, 5.74) is 17.0.